The SMILES string of the molecule is Cc1nc2ccccc2c2c1CC(O)N2c1ccc(Oc2ccccc2)cc1. The fourth-order valence-electron chi connectivity index (χ4n) is 3.90. The molecule has 1 aromatic heterocycles. The molecule has 0 spiro atoms. The first-order valence-corrected chi connectivity index (χ1v) is 9.39. The third-order valence-corrected chi connectivity index (χ3v) is 5.19. The molecule has 1 atom stereocenters. The predicted molar refractivity (Wildman–Crippen MR) is 111 cm³/mol. The van der Waals surface area contributed by atoms with Crippen molar-refractivity contribution in [1.29, 1.82) is 0 Å². The van der Waals surface area contributed by atoms with Crippen LogP contribution >= 0.6 is 0 Å². The molecule has 0 aliphatic carbocycles. The lowest BCUT2D eigenvalue weighted by Gasteiger charge is -2.25. The quantitative estimate of drug-likeness (QED) is 0.530. The molecule has 1 aliphatic rings. The van der Waals surface area contributed by atoms with Crippen LogP contribution in [0.15, 0.2) is 78.9 Å². The molecule has 0 amide bonds. The Kier molecular flexibility index (Phi) is 3.99. The lowest BCUT2D eigenvalue weighted by atomic mass is 10.1. The zero-order chi connectivity index (χ0) is 19.1. The van der Waals surface area contributed by atoms with Gasteiger partial charge in [-0.15, -0.1) is 0 Å². The van der Waals surface area contributed by atoms with Crippen LogP contribution in [0.5, 0.6) is 11.5 Å². The van der Waals surface area contributed by atoms with Crippen molar-refractivity contribution in [1.82, 2.24) is 4.98 Å². The number of benzene rings is 3. The van der Waals surface area contributed by atoms with E-state index in [9.17, 15) is 5.11 Å². The lowest BCUT2D eigenvalue weighted by molar-refractivity contribution is 0.191. The van der Waals surface area contributed by atoms with Gasteiger partial charge in [0.1, 0.15) is 17.7 Å². The monoisotopic (exact) mass is 368 g/mol. The van der Waals surface area contributed by atoms with Crippen molar-refractivity contribution in [2.75, 3.05) is 4.90 Å². The minimum Gasteiger partial charge on any atom is -0.457 e. The van der Waals surface area contributed by atoms with Crippen LogP contribution in [-0.2, 0) is 6.42 Å². The van der Waals surface area contributed by atoms with Crippen LogP contribution in [0.3, 0.4) is 0 Å². The highest BCUT2D eigenvalue weighted by atomic mass is 16.5. The summed E-state index contributed by atoms with van der Waals surface area (Å²) in [6, 6.07) is 25.6. The van der Waals surface area contributed by atoms with E-state index in [1.807, 2.05) is 84.6 Å². The van der Waals surface area contributed by atoms with Crippen molar-refractivity contribution in [2.24, 2.45) is 0 Å². The fraction of sp³-hybridized carbons (Fsp3) is 0.125. The van der Waals surface area contributed by atoms with Crippen LogP contribution in [0.25, 0.3) is 10.9 Å². The third-order valence-electron chi connectivity index (χ3n) is 5.19. The summed E-state index contributed by atoms with van der Waals surface area (Å²) in [6.07, 6.45) is -0.0384. The average molecular weight is 368 g/mol. The molecule has 0 saturated heterocycles. The van der Waals surface area contributed by atoms with Gasteiger partial charge in [-0.3, -0.25) is 4.98 Å². The molecule has 4 aromatic rings. The number of aryl methyl sites for hydroxylation is 1. The minimum atomic E-state index is -0.609. The van der Waals surface area contributed by atoms with Crippen molar-refractivity contribution >= 4 is 22.3 Å². The first kappa shape index (κ1) is 16.8. The Morgan fingerprint density at radius 1 is 0.893 bits per heavy atom. The molecule has 138 valence electrons. The summed E-state index contributed by atoms with van der Waals surface area (Å²) in [7, 11) is 0. The normalized spacial score (nSPS) is 15.6. The first-order valence-electron chi connectivity index (χ1n) is 9.39. The molecular weight excluding hydrogens is 348 g/mol. The largest absolute Gasteiger partial charge is 0.457 e. The maximum atomic E-state index is 10.8. The molecule has 1 unspecified atom stereocenters. The van der Waals surface area contributed by atoms with Crippen molar-refractivity contribution in [2.45, 2.75) is 19.6 Å². The molecule has 3 aromatic carbocycles. The molecule has 1 aliphatic heterocycles. The van der Waals surface area contributed by atoms with Gasteiger partial charge in [-0.1, -0.05) is 36.4 Å². The molecule has 0 fully saturated rings. The van der Waals surface area contributed by atoms with E-state index in [0.717, 1.165) is 45.0 Å². The highest BCUT2D eigenvalue weighted by molar-refractivity contribution is 5.97. The summed E-state index contributed by atoms with van der Waals surface area (Å²) in [4.78, 5) is 6.71. The molecule has 28 heavy (non-hydrogen) atoms. The van der Waals surface area contributed by atoms with Gasteiger partial charge in [-0.05, 0) is 49.4 Å². The van der Waals surface area contributed by atoms with Crippen molar-refractivity contribution < 1.29 is 9.84 Å². The maximum Gasteiger partial charge on any atom is 0.135 e. The zero-order valence-electron chi connectivity index (χ0n) is 15.5. The molecule has 0 saturated carbocycles. The highest BCUT2D eigenvalue weighted by Gasteiger charge is 2.32. The van der Waals surface area contributed by atoms with Gasteiger partial charge < -0.3 is 14.7 Å². The van der Waals surface area contributed by atoms with Crippen molar-refractivity contribution in [3.8, 4) is 11.5 Å². The second-order valence-electron chi connectivity index (χ2n) is 7.01. The number of fused-ring (bicyclic) bond motifs is 3. The summed E-state index contributed by atoms with van der Waals surface area (Å²) in [5.41, 5.74) is 5.01. The van der Waals surface area contributed by atoms with Crippen LogP contribution in [0.2, 0.25) is 0 Å². The second-order valence-corrected chi connectivity index (χ2v) is 7.01. The van der Waals surface area contributed by atoms with E-state index in [-0.39, 0.29) is 0 Å². The van der Waals surface area contributed by atoms with E-state index >= 15 is 0 Å². The number of pyridine rings is 1. The lowest BCUT2D eigenvalue weighted by Crippen LogP contribution is -2.26. The molecule has 4 nitrogen and oxygen atoms in total. The van der Waals surface area contributed by atoms with Crippen LogP contribution in [-0.4, -0.2) is 16.3 Å². The van der Waals surface area contributed by atoms with E-state index in [2.05, 4.69) is 6.07 Å². The Labute approximate surface area is 163 Å². The highest BCUT2D eigenvalue weighted by Crippen LogP contribution is 2.43. The molecule has 1 N–H and O–H groups in total. The van der Waals surface area contributed by atoms with E-state index < -0.39 is 6.23 Å². The number of aliphatic hydroxyl groups excluding tert-OH is 1. The Balaban J connectivity index is 1.54. The van der Waals surface area contributed by atoms with Crippen molar-refractivity contribution in [3.05, 3.63) is 90.1 Å². The summed E-state index contributed by atoms with van der Waals surface area (Å²) in [5.74, 6) is 1.56. The zero-order valence-corrected chi connectivity index (χ0v) is 15.5. The number of aliphatic hydroxyl groups is 1. The summed E-state index contributed by atoms with van der Waals surface area (Å²) in [6.45, 7) is 2.01. The van der Waals surface area contributed by atoms with Crippen LogP contribution < -0.4 is 9.64 Å². The van der Waals surface area contributed by atoms with Gasteiger partial charge in [0.05, 0.1) is 11.2 Å². The first-order chi connectivity index (χ1) is 13.7. The Morgan fingerprint density at radius 2 is 1.57 bits per heavy atom. The smallest absolute Gasteiger partial charge is 0.135 e. The molecule has 5 rings (SSSR count). The number of ether oxygens (including phenoxy) is 1. The van der Waals surface area contributed by atoms with Gasteiger partial charge in [0.15, 0.2) is 0 Å². The molecule has 2 heterocycles. The number of nitrogens with zero attached hydrogens (tertiary/aromatic N) is 2. The second kappa shape index (κ2) is 6.66. The van der Waals surface area contributed by atoms with Crippen molar-refractivity contribution in [3.63, 3.8) is 0 Å². The standard InChI is InChI=1S/C24H20N2O2/c1-16-21-15-23(27)26(24(21)20-9-5-6-10-22(20)25-16)17-11-13-19(14-12-17)28-18-7-3-2-4-8-18/h2-14,23,27H,15H2,1H3. The molecule has 0 bridgehead atoms. The van der Waals surface area contributed by atoms with Gasteiger partial charge in [0, 0.05) is 28.8 Å². The summed E-state index contributed by atoms with van der Waals surface area (Å²) < 4.78 is 5.89. The predicted octanol–water partition coefficient (Wildman–Crippen LogP) is 5.35. The Bertz CT molecular complexity index is 1140. The Hall–Kier alpha value is -3.37. The maximum absolute atomic E-state index is 10.8. The van der Waals surface area contributed by atoms with Gasteiger partial charge in [-0.25, -0.2) is 0 Å². The number of hydrogen-bond acceptors (Lipinski definition) is 4. The fourth-order valence-corrected chi connectivity index (χ4v) is 3.90. The minimum absolute atomic E-state index is 0.571. The Morgan fingerprint density at radius 3 is 2.36 bits per heavy atom. The van der Waals surface area contributed by atoms with Gasteiger partial charge >= 0.3 is 0 Å². The van der Waals surface area contributed by atoms with E-state index in [4.69, 9.17) is 9.72 Å². The number of hydrogen-bond donors (Lipinski definition) is 1. The van der Waals surface area contributed by atoms with E-state index in [1.165, 1.54) is 0 Å². The average Bonchev–Trinajstić information content (AvgIpc) is 3.07. The molecule has 0 radical (unpaired) electrons. The van der Waals surface area contributed by atoms with Crippen LogP contribution in [0.1, 0.15) is 11.3 Å². The van der Waals surface area contributed by atoms with Crippen LogP contribution in [0, 0.1) is 6.92 Å². The van der Waals surface area contributed by atoms with Crippen LogP contribution in [0.4, 0.5) is 11.4 Å². The van der Waals surface area contributed by atoms with E-state index in [0.29, 0.717) is 6.42 Å². The number of anilines is 2. The topological polar surface area (TPSA) is 45.6 Å². The number of aromatic nitrogens is 1. The van der Waals surface area contributed by atoms with Gasteiger partial charge in [-0.2, -0.15) is 0 Å². The summed E-state index contributed by atoms with van der Waals surface area (Å²) >= 11 is 0. The summed E-state index contributed by atoms with van der Waals surface area (Å²) in [5, 5.41) is 11.9. The molecule has 4 heteroatoms. The third kappa shape index (κ3) is 2.79. The number of rotatable bonds is 3. The molecular formula is C24H20N2O2. The van der Waals surface area contributed by atoms with Gasteiger partial charge in [0.25, 0.3) is 0 Å². The van der Waals surface area contributed by atoms with E-state index in [1.54, 1.807) is 0 Å². The van der Waals surface area contributed by atoms with Gasteiger partial charge in [0.2, 0.25) is 0 Å². The number of para-hydroxylation sites is 2.